The van der Waals surface area contributed by atoms with Gasteiger partial charge in [-0.15, -0.1) is 0 Å². The number of halogens is 1. The zero-order valence-electron chi connectivity index (χ0n) is 13.1. The summed E-state index contributed by atoms with van der Waals surface area (Å²) < 4.78 is 20.4. The van der Waals surface area contributed by atoms with Crippen LogP contribution in [0, 0.1) is 5.82 Å². The normalized spacial score (nSPS) is 22.9. The van der Waals surface area contributed by atoms with Crippen molar-refractivity contribution in [2.45, 2.75) is 38.1 Å². The average molecular weight is 331 g/mol. The minimum Gasteiger partial charge on any atom is -0.487 e. The molecule has 0 radical (unpaired) electrons. The number of ether oxygens (including phenoxy) is 1. The summed E-state index contributed by atoms with van der Waals surface area (Å²) in [5, 5.41) is 13.8. The van der Waals surface area contributed by atoms with Crippen LogP contribution in [0.3, 0.4) is 0 Å². The van der Waals surface area contributed by atoms with Crippen molar-refractivity contribution >= 4 is 5.91 Å². The highest BCUT2D eigenvalue weighted by molar-refractivity contribution is 5.93. The molecule has 1 aromatic heterocycles. The summed E-state index contributed by atoms with van der Waals surface area (Å²) in [5.41, 5.74) is 1.18. The molecule has 0 saturated heterocycles. The first-order valence-corrected chi connectivity index (χ1v) is 8.04. The summed E-state index contributed by atoms with van der Waals surface area (Å²) in [6, 6.07) is 7.77. The summed E-state index contributed by atoms with van der Waals surface area (Å²) >= 11 is 0. The third kappa shape index (κ3) is 2.75. The minimum absolute atomic E-state index is 0.0531. The van der Waals surface area contributed by atoms with Gasteiger partial charge in [0, 0.05) is 18.7 Å². The third-order valence-corrected chi connectivity index (χ3v) is 4.58. The maximum atomic E-state index is 13.1. The Bertz CT molecular complexity index is 770. The van der Waals surface area contributed by atoms with Crippen molar-refractivity contribution < 1.29 is 19.0 Å². The zero-order valence-corrected chi connectivity index (χ0v) is 13.1. The maximum Gasteiger partial charge on any atom is 0.272 e. The van der Waals surface area contributed by atoms with E-state index in [0.717, 1.165) is 0 Å². The number of hydrogen-bond acceptors (Lipinski definition) is 4. The van der Waals surface area contributed by atoms with E-state index in [-0.39, 0.29) is 30.5 Å². The molecule has 1 aliphatic carbocycles. The highest BCUT2D eigenvalue weighted by atomic mass is 19.1. The van der Waals surface area contributed by atoms with Gasteiger partial charge in [-0.3, -0.25) is 9.48 Å². The van der Waals surface area contributed by atoms with E-state index in [0.29, 0.717) is 43.1 Å². The Hall–Kier alpha value is -2.41. The zero-order chi connectivity index (χ0) is 16.7. The molecule has 4 rings (SSSR count). The van der Waals surface area contributed by atoms with Crippen molar-refractivity contribution in [3.63, 3.8) is 0 Å². The fourth-order valence-corrected chi connectivity index (χ4v) is 3.21. The second-order valence-corrected chi connectivity index (χ2v) is 6.27. The number of benzene rings is 1. The number of aromatic nitrogens is 2. The molecule has 1 amide bonds. The maximum absolute atomic E-state index is 13.1. The van der Waals surface area contributed by atoms with E-state index in [1.54, 1.807) is 22.9 Å². The molecule has 1 aromatic carbocycles. The van der Waals surface area contributed by atoms with Gasteiger partial charge < -0.3 is 14.7 Å². The predicted molar refractivity (Wildman–Crippen MR) is 83.0 cm³/mol. The van der Waals surface area contributed by atoms with Crippen LogP contribution in [0.2, 0.25) is 0 Å². The van der Waals surface area contributed by atoms with Crippen molar-refractivity contribution in [1.82, 2.24) is 14.7 Å². The molecule has 126 valence electrons. The smallest absolute Gasteiger partial charge is 0.272 e. The van der Waals surface area contributed by atoms with Crippen LogP contribution in [0.5, 0.6) is 5.75 Å². The number of nitrogens with zero attached hydrogens (tertiary/aromatic N) is 3. The fourth-order valence-electron chi connectivity index (χ4n) is 3.21. The summed E-state index contributed by atoms with van der Waals surface area (Å²) in [6.07, 6.45) is 1.01. The predicted octanol–water partition coefficient (Wildman–Crippen LogP) is 1.58. The van der Waals surface area contributed by atoms with E-state index in [2.05, 4.69) is 5.10 Å². The number of aliphatic hydroxyl groups is 1. The molecule has 24 heavy (non-hydrogen) atoms. The van der Waals surface area contributed by atoms with Crippen LogP contribution in [-0.2, 0) is 13.2 Å². The first-order chi connectivity index (χ1) is 11.6. The van der Waals surface area contributed by atoms with Gasteiger partial charge in [-0.1, -0.05) is 6.07 Å². The van der Waals surface area contributed by atoms with Crippen LogP contribution < -0.4 is 4.74 Å². The Labute approximate surface area is 138 Å². The van der Waals surface area contributed by atoms with Crippen molar-refractivity contribution in [2.24, 2.45) is 0 Å². The Morgan fingerprint density at radius 2 is 2.12 bits per heavy atom. The monoisotopic (exact) mass is 331 g/mol. The number of hydrogen-bond donors (Lipinski definition) is 1. The van der Waals surface area contributed by atoms with Gasteiger partial charge >= 0.3 is 0 Å². The molecule has 1 N–H and O–H groups in total. The summed E-state index contributed by atoms with van der Waals surface area (Å²) in [7, 11) is 0. The highest BCUT2D eigenvalue weighted by Crippen LogP contribution is 2.28. The number of carbonyl (C=O) groups is 1. The van der Waals surface area contributed by atoms with Crippen LogP contribution in [0.15, 0.2) is 30.3 Å². The van der Waals surface area contributed by atoms with Gasteiger partial charge in [-0.05, 0) is 31.0 Å². The molecule has 0 unspecified atom stereocenters. The number of amides is 1. The van der Waals surface area contributed by atoms with E-state index in [1.165, 1.54) is 12.1 Å². The lowest BCUT2D eigenvalue weighted by molar-refractivity contribution is -0.000304. The molecule has 7 heteroatoms. The van der Waals surface area contributed by atoms with Crippen molar-refractivity contribution in [1.29, 1.82) is 0 Å². The third-order valence-electron chi connectivity index (χ3n) is 4.58. The van der Waals surface area contributed by atoms with Crippen molar-refractivity contribution in [3.8, 4) is 5.75 Å². The Morgan fingerprint density at radius 3 is 2.88 bits per heavy atom. The molecule has 1 fully saturated rings. The summed E-state index contributed by atoms with van der Waals surface area (Å²) in [5.74, 6) is 0.0187. The average Bonchev–Trinajstić information content (AvgIpc) is 2.95. The second kappa shape index (κ2) is 5.90. The molecule has 0 spiro atoms. The SMILES string of the molecule is O=C1c2cc(COc3cccc(F)c3)nn2CCN1C1CC(O)C1. The van der Waals surface area contributed by atoms with E-state index in [1.807, 2.05) is 4.90 Å². The van der Waals surface area contributed by atoms with Gasteiger partial charge in [0.25, 0.3) is 5.91 Å². The van der Waals surface area contributed by atoms with E-state index in [9.17, 15) is 14.3 Å². The molecule has 0 atom stereocenters. The second-order valence-electron chi connectivity index (χ2n) is 6.27. The molecule has 2 aliphatic rings. The van der Waals surface area contributed by atoms with Crippen LogP contribution in [0.4, 0.5) is 4.39 Å². The number of aliphatic hydroxyl groups excluding tert-OH is 1. The first kappa shape index (κ1) is 15.1. The molecular formula is C17H18FN3O3. The number of rotatable bonds is 4. The van der Waals surface area contributed by atoms with Crippen LogP contribution in [0.25, 0.3) is 0 Å². The van der Waals surface area contributed by atoms with E-state index >= 15 is 0 Å². The van der Waals surface area contributed by atoms with Gasteiger partial charge in [0.2, 0.25) is 0 Å². The largest absolute Gasteiger partial charge is 0.487 e. The van der Waals surface area contributed by atoms with Crippen molar-refractivity contribution in [3.05, 3.63) is 47.5 Å². The summed E-state index contributed by atoms with van der Waals surface area (Å²) in [4.78, 5) is 14.4. The quantitative estimate of drug-likeness (QED) is 0.924. The molecule has 1 saturated carbocycles. The van der Waals surface area contributed by atoms with E-state index < -0.39 is 0 Å². The Balaban J connectivity index is 1.45. The minimum atomic E-state index is -0.356. The molecule has 6 nitrogen and oxygen atoms in total. The topological polar surface area (TPSA) is 67.6 Å². The number of carbonyl (C=O) groups excluding carboxylic acids is 1. The lowest BCUT2D eigenvalue weighted by Gasteiger charge is -2.42. The highest BCUT2D eigenvalue weighted by Gasteiger charge is 2.38. The van der Waals surface area contributed by atoms with Gasteiger partial charge in [0.05, 0.1) is 12.6 Å². The van der Waals surface area contributed by atoms with Gasteiger partial charge in [0.1, 0.15) is 29.6 Å². The fraction of sp³-hybridized carbons (Fsp3) is 0.412. The number of fused-ring (bicyclic) bond motifs is 1. The van der Waals surface area contributed by atoms with Crippen LogP contribution >= 0.6 is 0 Å². The van der Waals surface area contributed by atoms with Gasteiger partial charge in [0.15, 0.2) is 0 Å². The molecular weight excluding hydrogens is 313 g/mol. The molecule has 0 bridgehead atoms. The lowest BCUT2D eigenvalue weighted by atomic mass is 9.87. The molecule has 1 aliphatic heterocycles. The van der Waals surface area contributed by atoms with Crippen molar-refractivity contribution in [2.75, 3.05) is 6.54 Å². The van der Waals surface area contributed by atoms with Crippen LogP contribution in [-0.4, -0.2) is 44.4 Å². The first-order valence-electron chi connectivity index (χ1n) is 8.04. The standard InChI is InChI=1S/C17H18FN3O3/c18-11-2-1-3-15(6-11)24-10-12-7-16-17(23)20(4-5-21(16)19-12)13-8-14(22)9-13/h1-3,6-7,13-14,22H,4-5,8-10H2. The van der Waals surface area contributed by atoms with Crippen LogP contribution in [0.1, 0.15) is 29.0 Å². The van der Waals surface area contributed by atoms with Gasteiger partial charge in [-0.25, -0.2) is 4.39 Å². The van der Waals surface area contributed by atoms with Gasteiger partial charge in [-0.2, -0.15) is 5.10 Å². The Kier molecular flexibility index (Phi) is 3.72. The van der Waals surface area contributed by atoms with E-state index in [4.69, 9.17) is 4.74 Å². The molecule has 2 heterocycles. The molecule has 2 aromatic rings. The Morgan fingerprint density at radius 1 is 1.29 bits per heavy atom. The summed E-state index contributed by atoms with van der Waals surface area (Å²) in [6.45, 7) is 1.42. The lowest BCUT2D eigenvalue weighted by Crippen LogP contribution is -2.53.